The first-order chi connectivity index (χ1) is 18.4. The van der Waals surface area contributed by atoms with Crippen LogP contribution >= 0.6 is 35.0 Å². The van der Waals surface area contributed by atoms with Crippen LogP contribution in [0.5, 0.6) is 0 Å². The van der Waals surface area contributed by atoms with Crippen LogP contribution in [0.3, 0.4) is 0 Å². The number of rotatable bonds is 10. The molecule has 0 saturated heterocycles. The third-order valence-electron chi connectivity index (χ3n) is 5.23. The number of carboxylic acids is 1. The molecule has 0 heterocycles. The standard InChI is InChI=1S/C27H21Cl2F3N2O4S/c28-20-11-8-18(21(29)13-20)12-22(33-24(35)17-6-9-19(10-7-17)27(30,31)32)25(36)34-23(26(37)38)15-39-14-16-4-2-1-3-5-16/h1-13,23H,14-15H2,(H,33,35)(H,34,36)(H,37,38)/t23-/m0/s1. The second kappa shape index (κ2) is 13.5. The minimum atomic E-state index is -4.59. The van der Waals surface area contributed by atoms with Gasteiger partial charge in [-0.3, -0.25) is 9.59 Å². The molecule has 0 aliphatic rings. The quantitative estimate of drug-likeness (QED) is 0.239. The molecule has 0 unspecified atom stereocenters. The first-order valence-corrected chi connectivity index (χ1v) is 13.2. The molecule has 3 aromatic carbocycles. The second-order valence-electron chi connectivity index (χ2n) is 8.12. The van der Waals surface area contributed by atoms with E-state index in [0.29, 0.717) is 10.8 Å². The van der Waals surface area contributed by atoms with Gasteiger partial charge in [-0.15, -0.1) is 0 Å². The highest BCUT2D eigenvalue weighted by Crippen LogP contribution is 2.29. The number of hydrogen-bond acceptors (Lipinski definition) is 4. The van der Waals surface area contributed by atoms with Crippen molar-refractivity contribution in [1.82, 2.24) is 10.6 Å². The summed E-state index contributed by atoms with van der Waals surface area (Å²) in [6.07, 6.45) is -3.37. The number of halogens is 5. The molecular weight excluding hydrogens is 576 g/mol. The van der Waals surface area contributed by atoms with E-state index < -0.39 is 35.6 Å². The van der Waals surface area contributed by atoms with Gasteiger partial charge in [-0.05, 0) is 53.6 Å². The van der Waals surface area contributed by atoms with Crippen molar-refractivity contribution in [3.8, 4) is 0 Å². The summed E-state index contributed by atoms with van der Waals surface area (Å²) in [6, 6.07) is 15.8. The third kappa shape index (κ3) is 9.05. The molecule has 0 saturated carbocycles. The number of aliphatic carboxylic acids is 1. The van der Waals surface area contributed by atoms with Crippen molar-refractivity contribution in [3.05, 3.63) is 111 Å². The number of hydrogen-bond donors (Lipinski definition) is 3. The largest absolute Gasteiger partial charge is 0.480 e. The lowest BCUT2D eigenvalue weighted by molar-refractivity contribution is -0.140. The van der Waals surface area contributed by atoms with E-state index in [9.17, 15) is 32.7 Å². The molecule has 12 heteroatoms. The van der Waals surface area contributed by atoms with Crippen LogP contribution in [0.25, 0.3) is 6.08 Å². The fourth-order valence-corrected chi connectivity index (χ4v) is 4.69. The summed E-state index contributed by atoms with van der Waals surface area (Å²) in [6.45, 7) is 0. The summed E-state index contributed by atoms with van der Waals surface area (Å²) in [4.78, 5) is 37.8. The van der Waals surface area contributed by atoms with E-state index in [1.54, 1.807) is 0 Å². The Labute approximate surface area is 236 Å². The van der Waals surface area contributed by atoms with Crippen LogP contribution in [0, 0.1) is 0 Å². The summed E-state index contributed by atoms with van der Waals surface area (Å²) < 4.78 is 38.6. The summed E-state index contributed by atoms with van der Waals surface area (Å²) in [5.74, 6) is -2.58. The predicted octanol–water partition coefficient (Wildman–Crippen LogP) is 6.29. The van der Waals surface area contributed by atoms with Crippen LogP contribution in [0.1, 0.15) is 27.0 Å². The van der Waals surface area contributed by atoms with Gasteiger partial charge in [-0.1, -0.05) is 59.6 Å². The molecule has 0 radical (unpaired) electrons. The summed E-state index contributed by atoms with van der Waals surface area (Å²) in [5.41, 5.74) is -0.220. The molecule has 1 atom stereocenters. The van der Waals surface area contributed by atoms with Gasteiger partial charge < -0.3 is 15.7 Å². The average molecular weight is 597 g/mol. The maximum absolute atomic E-state index is 13.1. The SMILES string of the molecule is O=C(N[C@@H](CSCc1ccccc1)C(=O)O)C(=Cc1ccc(Cl)cc1Cl)NC(=O)c1ccc(C(F)(F)F)cc1. The van der Waals surface area contributed by atoms with Crippen LogP contribution in [0.4, 0.5) is 13.2 Å². The fraction of sp³-hybridized carbons (Fsp3) is 0.148. The molecule has 3 rings (SSSR count). The average Bonchev–Trinajstić information content (AvgIpc) is 2.89. The van der Waals surface area contributed by atoms with Crippen LogP contribution in [-0.2, 0) is 21.5 Å². The van der Waals surface area contributed by atoms with Crippen LogP contribution < -0.4 is 10.6 Å². The number of benzene rings is 3. The second-order valence-corrected chi connectivity index (χ2v) is 9.99. The molecular formula is C27H21Cl2F3N2O4S. The number of carboxylic acid groups (broad SMARTS) is 1. The Kier molecular flexibility index (Phi) is 10.4. The van der Waals surface area contributed by atoms with Crippen LogP contribution in [0.15, 0.2) is 78.5 Å². The lowest BCUT2D eigenvalue weighted by atomic mass is 10.1. The molecule has 3 N–H and O–H groups in total. The van der Waals surface area contributed by atoms with Gasteiger partial charge in [-0.25, -0.2) is 4.79 Å². The van der Waals surface area contributed by atoms with Gasteiger partial charge in [0.25, 0.3) is 11.8 Å². The Morgan fingerprint density at radius 3 is 2.23 bits per heavy atom. The first-order valence-electron chi connectivity index (χ1n) is 11.2. The van der Waals surface area contributed by atoms with Crippen molar-refractivity contribution in [3.63, 3.8) is 0 Å². The zero-order valence-electron chi connectivity index (χ0n) is 20.0. The van der Waals surface area contributed by atoms with Crippen molar-refractivity contribution in [2.24, 2.45) is 0 Å². The van der Waals surface area contributed by atoms with Crippen molar-refractivity contribution in [2.45, 2.75) is 18.0 Å². The highest BCUT2D eigenvalue weighted by atomic mass is 35.5. The molecule has 6 nitrogen and oxygen atoms in total. The number of carbonyl (C=O) groups is 3. The maximum atomic E-state index is 13.1. The van der Waals surface area contributed by atoms with E-state index >= 15 is 0 Å². The van der Waals surface area contributed by atoms with Gasteiger partial charge in [0.1, 0.15) is 11.7 Å². The minimum Gasteiger partial charge on any atom is -0.480 e. The minimum absolute atomic E-state index is 0.0256. The van der Waals surface area contributed by atoms with E-state index in [1.807, 2.05) is 30.3 Å². The van der Waals surface area contributed by atoms with Gasteiger partial charge in [0.15, 0.2) is 0 Å². The van der Waals surface area contributed by atoms with Crippen molar-refractivity contribution in [2.75, 3.05) is 5.75 Å². The Bertz CT molecular complexity index is 1370. The van der Waals surface area contributed by atoms with Gasteiger partial charge in [0.05, 0.1) is 5.56 Å². The molecule has 0 bridgehead atoms. The van der Waals surface area contributed by atoms with Gasteiger partial charge >= 0.3 is 12.1 Å². The topological polar surface area (TPSA) is 95.5 Å². The Balaban J connectivity index is 1.81. The molecule has 204 valence electrons. The Morgan fingerprint density at radius 1 is 0.974 bits per heavy atom. The highest BCUT2D eigenvalue weighted by Gasteiger charge is 2.30. The first kappa shape index (κ1) is 30.1. The third-order valence-corrected chi connectivity index (χ3v) is 6.90. The van der Waals surface area contributed by atoms with E-state index in [-0.39, 0.29) is 27.6 Å². The van der Waals surface area contributed by atoms with Crippen LogP contribution in [-0.4, -0.2) is 34.7 Å². The van der Waals surface area contributed by atoms with E-state index in [2.05, 4.69) is 10.6 Å². The molecule has 0 fully saturated rings. The van der Waals surface area contributed by atoms with Crippen LogP contribution in [0.2, 0.25) is 10.0 Å². The molecule has 0 spiro atoms. The fourth-order valence-electron chi connectivity index (χ4n) is 3.22. The van der Waals surface area contributed by atoms with Gasteiger partial charge in [0.2, 0.25) is 0 Å². The Morgan fingerprint density at radius 2 is 1.64 bits per heavy atom. The monoisotopic (exact) mass is 596 g/mol. The molecule has 0 aliphatic heterocycles. The highest BCUT2D eigenvalue weighted by molar-refractivity contribution is 7.98. The summed E-state index contributed by atoms with van der Waals surface area (Å²) >= 11 is 13.4. The zero-order valence-corrected chi connectivity index (χ0v) is 22.3. The molecule has 39 heavy (non-hydrogen) atoms. The van der Waals surface area contributed by atoms with Gasteiger partial charge in [-0.2, -0.15) is 24.9 Å². The Hall–Kier alpha value is -3.47. The maximum Gasteiger partial charge on any atom is 0.416 e. The smallest absolute Gasteiger partial charge is 0.416 e. The summed E-state index contributed by atoms with van der Waals surface area (Å²) in [5, 5.41) is 14.8. The van der Waals surface area contributed by atoms with Gasteiger partial charge in [0, 0.05) is 27.1 Å². The van der Waals surface area contributed by atoms with E-state index in [4.69, 9.17) is 23.2 Å². The number of alkyl halides is 3. The molecule has 0 aliphatic carbocycles. The lowest BCUT2D eigenvalue weighted by Crippen LogP contribution is -2.45. The number of carbonyl (C=O) groups excluding carboxylic acids is 2. The predicted molar refractivity (Wildman–Crippen MR) is 146 cm³/mol. The van der Waals surface area contributed by atoms with E-state index in [0.717, 1.165) is 29.8 Å². The molecule has 0 aromatic heterocycles. The van der Waals surface area contributed by atoms with E-state index in [1.165, 1.54) is 36.0 Å². The van der Waals surface area contributed by atoms with Crippen molar-refractivity contribution < 1.29 is 32.7 Å². The van der Waals surface area contributed by atoms with Crippen molar-refractivity contribution >= 4 is 58.8 Å². The summed E-state index contributed by atoms with van der Waals surface area (Å²) in [7, 11) is 0. The molecule has 3 aromatic rings. The lowest BCUT2D eigenvalue weighted by Gasteiger charge is -2.17. The zero-order chi connectivity index (χ0) is 28.6. The van der Waals surface area contributed by atoms with Crippen molar-refractivity contribution in [1.29, 1.82) is 0 Å². The number of amides is 2. The number of nitrogens with one attached hydrogen (secondary N) is 2. The normalized spacial score (nSPS) is 12.5. The number of thioether (sulfide) groups is 1. The molecule has 2 amide bonds.